The molecule has 1 aliphatic rings. The van der Waals surface area contributed by atoms with Gasteiger partial charge in [-0.2, -0.15) is 0 Å². The van der Waals surface area contributed by atoms with Crippen molar-refractivity contribution in [2.24, 2.45) is 5.92 Å². The fraction of sp³-hybridized carbons (Fsp3) is 0.160. The van der Waals surface area contributed by atoms with Gasteiger partial charge in [-0.15, -0.1) is 23.2 Å². The average Bonchev–Trinajstić information content (AvgIpc) is 3.43. The lowest BCUT2D eigenvalue weighted by Gasteiger charge is -2.13. The van der Waals surface area contributed by atoms with Gasteiger partial charge in [0.25, 0.3) is 5.91 Å². The number of benzene rings is 3. The van der Waals surface area contributed by atoms with E-state index in [1.165, 1.54) is 18.2 Å². The number of hydrogen-bond donors (Lipinski definition) is 3. The number of alkyl halides is 2. The fourth-order valence-electron chi connectivity index (χ4n) is 3.90. The number of carbonyl (C=O) groups excluding carboxylic acids is 3. The second-order valence-electron chi connectivity index (χ2n) is 8.41. The first-order chi connectivity index (χ1) is 17.8. The minimum Gasteiger partial charge on any atom is -0.326 e. The third kappa shape index (κ3) is 5.70. The number of amides is 3. The molecule has 6 nitrogen and oxygen atoms in total. The average molecular weight is 622 g/mol. The predicted octanol–water partition coefficient (Wildman–Crippen LogP) is 7.66. The SMILES string of the molecule is CC(=O)Nc1ccc(F)c(NC(=O)c2cc(NC(=O)[C@H]3C(c4ccc(Cl)c(Cl)c4)C3(Cl)Cl)ccc2Cl)c1F. The molecule has 0 spiro atoms. The van der Waals surface area contributed by atoms with Crippen LogP contribution in [0.1, 0.15) is 28.8 Å². The van der Waals surface area contributed by atoms with Gasteiger partial charge >= 0.3 is 0 Å². The second kappa shape index (κ2) is 10.9. The first-order valence-corrected chi connectivity index (χ1v) is 12.7. The predicted molar refractivity (Wildman–Crippen MR) is 146 cm³/mol. The Morgan fingerprint density at radius 2 is 1.53 bits per heavy atom. The lowest BCUT2D eigenvalue weighted by atomic mass is 10.1. The number of hydrogen-bond acceptors (Lipinski definition) is 3. The van der Waals surface area contributed by atoms with Gasteiger partial charge in [0, 0.05) is 18.5 Å². The van der Waals surface area contributed by atoms with Gasteiger partial charge in [-0.3, -0.25) is 14.4 Å². The van der Waals surface area contributed by atoms with E-state index < -0.39 is 51.2 Å². The minimum absolute atomic E-state index is 0.0523. The van der Waals surface area contributed by atoms with Crippen LogP contribution < -0.4 is 16.0 Å². The summed E-state index contributed by atoms with van der Waals surface area (Å²) in [5.74, 6) is -5.78. The van der Waals surface area contributed by atoms with Crippen molar-refractivity contribution in [3.63, 3.8) is 0 Å². The Morgan fingerprint density at radius 1 is 0.842 bits per heavy atom. The molecule has 0 aromatic heterocycles. The van der Waals surface area contributed by atoms with Gasteiger partial charge in [0.05, 0.1) is 32.2 Å². The van der Waals surface area contributed by atoms with Gasteiger partial charge in [0.1, 0.15) is 15.8 Å². The zero-order chi connectivity index (χ0) is 27.9. The Kier molecular flexibility index (Phi) is 8.12. The van der Waals surface area contributed by atoms with Crippen LogP contribution in [0.4, 0.5) is 25.8 Å². The number of nitrogens with one attached hydrogen (secondary N) is 3. The van der Waals surface area contributed by atoms with E-state index in [9.17, 15) is 23.2 Å². The Bertz CT molecular complexity index is 1480. The molecule has 1 aliphatic carbocycles. The summed E-state index contributed by atoms with van der Waals surface area (Å²) < 4.78 is 27.6. The molecular weight excluding hydrogens is 606 g/mol. The second-order valence-corrected chi connectivity index (χ2v) is 11.1. The third-order valence-electron chi connectivity index (χ3n) is 5.76. The van der Waals surface area contributed by atoms with Gasteiger partial charge in [-0.05, 0) is 48.0 Å². The number of halogens is 7. The van der Waals surface area contributed by atoms with Crippen LogP contribution in [-0.2, 0) is 9.59 Å². The van der Waals surface area contributed by atoms with Crippen LogP contribution in [0.2, 0.25) is 15.1 Å². The van der Waals surface area contributed by atoms with Crippen molar-refractivity contribution >= 4 is 92.8 Å². The molecule has 2 atom stereocenters. The summed E-state index contributed by atoms with van der Waals surface area (Å²) in [6, 6.07) is 10.7. The fourth-order valence-corrected chi connectivity index (χ4v) is 5.24. The van der Waals surface area contributed by atoms with Crippen molar-refractivity contribution in [3.05, 3.63) is 86.4 Å². The molecule has 1 unspecified atom stereocenters. The van der Waals surface area contributed by atoms with E-state index in [0.29, 0.717) is 10.6 Å². The summed E-state index contributed by atoms with van der Waals surface area (Å²) >= 11 is 30.9. The molecule has 198 valence electrons. The molecule has 38 heavy (non-hydrogen) atoms. The Labute approximate surface area is 240 Å². The molecule has 0 radical (unpaired) electrons. The summed E-state index contributed by atoms with van der Waals surface area (Å²) in [5.41, 5.74) is -0.531. The van der Waals surface area contributed by atoms with E-state index in [0.717, 1.165) is 19.1 Å². The molecule has 3 amide bonds. The molecule has 3 aromatic carbocycles. The molecule has 13 heteroatoms. The quantitative estimate of drug-likeness (QED) is 0.247. The highest BCUT2D eigenvalue weighted by molar-refractivity contribution is 6.53. The summed E-state index contributed by atoms with van der Waals surface area (Å²) in [4.78, 5) is 37.1. The lowest BCUT2D eigenvalue weighted by Crippen LogP contribution is -2.19. The van der Waals surface area contributed by atoms with E-state index >= 15 is 0 Å². The maximum Gasteiger partial charge on any atom is 0.257 e. The van der Waals surface area contributed by atoms with Crippen molar-refractivity contribution in [1.29, 1.82) is 0 Å². The van der Waals surface area contributed by atoms with Gasteiger partial charge in [-0.25, -0.2) is 8.78 Å². The lowest BCUT2D eigenvalue weighted by molar-refractivity contribution is -0.117. The van der Waals surface area contributed by atoms with E-state index in [-0.39, 0.29) is 27.0 Å². The Hall–Kier alpha value is -2.62. The van der Waals surface area contributed by atoms with Gasteiger partial charge in [0.15, 0.2) is 5.82 Å². The topological polar surface area (TPSA) is 87.3 Å². The van der Waals surface area contributed by atoms with Gasteiger partial charge in [0.2, 0.25) is 11.8 Å². The standard InChI is InChI=1S/C25H16Cl5F2N3O3/c1-10(36)33-18-7-6-17(31)22(21(18)32)35-23(37)13-9-12(3-5-14(13)26)34-24(38)20-19(25(20,29)30)11-2-4-15(27)16(28)8-11/h2-9,19-20H,1H3,(H,33,36)(H,34,38)(H,35,37)/t19?,20-/m1/s1. The van der Waals surface area contributed by atoms with Crippen molar-refractivity contribution in [1.82, 2.24) is 0 Å². The number of anilines is 3. The monoisotopic (exact) mass is 619 g/mol. The van der Waals surface area contributed by atoms with Gasteiger partial charge < -0.3 is 16.0 Å². The smallest absolute Gasteiger partial charge is 0.257 e. The summed E-state index contributed by atoms with van der Waals surface area (Å²) in [6.45, 7) is 1.15. The van der Waals surface area contributed by atoms with Crippen LogP contribution >= 0.6 is 58.0 Å². The highest BCUT2D eigenvalue weighted by Crippen LogP contribution is 2.65. The first kappa shape index (κ1) is 28.4. The highest BCUT2D eigenvalue weighted by Gasteiger charge is 2.67. The van der Waals surface area contributed by atoms with E-state index in [4.69, 9.17) is 58.0 Å². The molecule has 1 fully saturated rings. The zero-order valence-electron chi connectivity index (χ0n) is 19.1. The van der Waals surface area contributed by atoms with Crippen LogP contribution in [-0.4, -0.2) is 22.1 Å². The Balaban J connectivity index is 1.53. The van der Waals surface area contributed by atoms with Crippen LogP contribution in [0.5, 0.6) is 0 Å². The number of carbonyl (C=O) groups is 3. The van der Waals surface area contributed by atoms with Crippen LogP contribution in [0.15, 0.2) is 48.5 Å². The summed E-state index contributed by atoms with van der Waals surface area (Å²) in [5, 5.41) is 7.50. The third-order valence-corrected chi connectivity index (χ3v) is 7.77. The normalized spacial score (nSPS) is 17.5. The van der Waals surface area contributed by atoms with Crippen molar-refractivity contribution < 1.29 is 23.2 Å². The molecular formula is C25H16Cl5F2N3O3. The molecule has 1 saturated carbocycles. The van der Waals surface area contributed by atoms with Crippen molar-refractivity contribution in [3.8, 4) is 0 Å². The molecule has 0 aliphatic heterocycles. The summed E-state index contributed by atoms with van der Waals surface area (Å²) in [6.07, 6.45) is 0. The van der Waals surface area contributed by atoms with Crippen molar-refractivity contribution in [2.75, 3.05) is 16.0 Å². The zero-order valence-corrected chi connectivity index (χ0v) is 22.9. The highest BCUT2D eigenvalue weighted by atomic mass is 35.5. The van der Waals surface area contributed by atoms with Gasteiger partial charge in [-0.1, -0.05) is 40.9 Å². The maximum atomic E-state index is 14.7. The summed E-state index contributed by atoms with van der Waals surface area (Å²) in [7, 11) is 0. The molecule has 3 N–H and O–H groups in total. The molecule has 0 saturated heterocycles. The first-order valence-electron chi connectivity index (χ1n) is 10.8. The van der Waals surface area contributed by atoms with Crippen LogP contribution in [0, 0.1) is 17.6 Å². The van der Waals surface area contributed by atoms with Crippen molar-refractivity contribution in [2.45, 2.75) is 17.2 Å². The number of rotatable bonds is 6. The van der Waals surface area contributed by atoms with E-state index in [1.54, 1.807) is 18.2 Å². The largest absolute Gasteiger partial charge is 0.326 e. The molecule has 3 aromatic rings. The minimum atomic E-state index is -1.41. The van der Waals surface area contributed by atoms with E-state index in [2.05, 4.69) is 16.0 Å². The molecule has 0 bridgehead atoms. The Morgan fingerprint density at radius 3 is 2.18 bits per heavy atom. The molecule has 0 heterocycles. The van der Waals surface area contributed by atoms with E-state index in [1.807, 2.05) is 0 Å². The molecule has 4 rings (SSSR count). The maximum absolute atomic E-state index is 14.7. The van der Waals surface area contributed by atoms with Crippen LogP contribution in [0.25, 0.3) is 0 Å². The van der Waals surface area contributed by atoms with Crippen LogP contribution in [0.3, 0.4) is 0 Å².